The van der Waals surface area contributed by atoms with E-state index in [4.69, 9.17) is 0 Å². The molecule has 1 aromatic rings. The van der Waals surface area contributed by atoms with Crippen molar-refractivity contribution in [2.75, 3.05) is 31.5 Å². The molecule has 1 heterocycles. The van der Waals surface area contributed by atoms with Crippen molar-refractivity contribution in [3.63, 3.8) is 0 Å². The maximum Gasteiger partial charge on any atom is 0.123 e. The first-order chi connectivity index (χ1) is 8.65. The van der Waals surface area contributed by atoms with E-state index >= 15 is 0 Å². The third-order valence-electron chi connectivity index (χ3n) is 3.85. The molecule has 0 radical (unpaired) electrons. The molecule has 0 spiro atoms. The van der Waals surface area contributed by atoms with Gasteiger partial charge in [-0.3, -0.25) is 0 Å². The summed E-state index contributed by atoms with van der Waals surface area (Å²) in [5.41, 5.74) is 0.996. The Bertz CT molecular complexity index is 361. The second kappa shape index (κ2) is 6.19. The number of nitrogens with one attached hydrogen (secondary N) is 1. The van der Waals surface area contributed by atoms with Crippen LogP contribution in [0.1, 0.15) is 20.3 Å². The van der Waals surface area contributed by atoms with Gasteiger partial charge in [-0.05, 0) is 49.1 Å². The summed E-state index contributed by atoms with van der Waals surface area (Å²) in [6.45, 7) is 9.06. The van der Waals surface area contributed by atoms with Crippen LogP contribution in [0, 0.1) is 17.7 Å². The molecule has 0 bridgehead atoms. The summed E-state index contributed by atoms with van der Waals surface area (Å²) in [5, 5.41) is 3.33. The standard InChI is InChI=1S/C15H23FN2/c1-12(2)13-7-9-18(11-13)10-8-17-15-5-3-14(16)4-6-15/h3-6,12-13,17H,7-11H2,1-2H3. The average molecular weight is 250 g/mol. The molecule has 0 aromatic heterocycles. The number of nitrogens with zero attached hydrogens (tertiary/aromatic N) is 1. The molecule has 0 saturated carbocycles. The smallest absolute Gasteiger partial charge is 0.123 e. The molecule has 1 aromatic carbocycles. The van der Waals surface area contributed by atoms with Crippen molar-refractivity contribution in [3.05, 3.63) is 30.1 Å². The molecule has 1 unspecified atom stereocenters. The first kappa shape index (κ1) is 13.3. The Morgan fingerprint density at radius 1 is 1.33 bits per heavy atom. The molecule has 0 amide bonds. The summed E-state index contributed by atoms with van der Waals surface area (Å²) in [4.78, 5) is 2.52. The molecule has 2 nitrogen and oxygen atoms in total. The van der Waals surface area contributed by atoms with Gasteiger partial charge in [0.05, 0.1) is 0 Å². The first-order valence-corrected chi connectivity index (χ1v) is 6.87. The third kappa shape index (κ3) is 3.70. The van der Waals surface area contributed by atoms with E-state index < -0.39 is 0 Å². The summed E-state index contributed by atoms with van der Waals surface area (Å²) in [6.07, 6.45) is 1.33. The zero-order valence-corrected chi connectivity index (χ0v) is 11.3. The fourth-order valence-electron chi connectivity index (χ4n) is 2.54. The van der Waals surface area contributed by atoms with Crippen molar-refractivity contribution in [1.29, 1.82) is 0 Å². The highest BCUT2D eigenvalue weighted by atomic mass is 19.1. The van der Waals surface area contributed by atoms with Crippen LogP contribution in [0.25, 0.3) is 0 Å². The number of benzene rings is 1. The monoisotopic (exact) mass is 250 g/mol. The van der Waals surface area contributed by atoms with Crippen LogP contribution >= 0.6 is 0 Å². The lowest BCUT2D eigenvalue weighted by Gasteiger charge is -2.18. The van der Waals surface area contributed by atoms with Gasteiger partial charge in [-0.2, -0.15) is 0 Å². The number of halogens is 1. The van der Waals surface area contributed by atoms with Crippen molar-refractivity contribution in [1.82, 2.24) is 4.90 Å². The van der Waals surface area contributed by atoms with Crippen LogP contribution in [-0.2, 0) is 0 Å². The number of anilines is 1. The van der Waals surface area contributed by atoms with Crippen molar-refractivity contribution in [2.45, 2.75) is 20.3 Å². The van der Waals surface area contributed by atoms with Gasteiger partial charge in [0.1, 0.15) is 5.82 Å². The largest absolute Gasteiger partial charge is 0.384 e. The number of hydrogen-bond acceptors (Lipinski definition) is 2. The van der Waals surface area contributed by atoms with Crippen LogP contribution in [-0.4, -0.2) is 31.1 Å². The summed E-state index contributed by atoms with van der Waals surface area (Å²) >= 11 is 0. The zero-order valence-electron chi connectivity index (χ0n) is 11.3. The SMILES string of the molecule is CC(C)C1CCN(CCNc2ccc(F)cc2)C1. The molecule has 0 aliphatic carbocycles. The molecule has 1 aliphatic heterocycles. The molecule has 1 N–H and O–H groups in total. The fraction of sp³-hybridized carbons (Fsp3) is 0.600. The topological polar surface area (TPSA) is 15.3 Å². The van der Waals surface area contributed by atoms with Gasteiger partial charge in [0.15, 0.2) is 0 Å². The highest BCUT2D eigenvalue weighted by Crippen LogP contribution is 2.23. The highest BCUT2D eigenvalue weighted by molar-refractivity contribution is 5.42. The molecule has 100 valence electrons. The van der Waals surface area contributed by atoms with E-state index in [0.717, 1.165) is 30.6 Å². The average Bonchev–Trinajstić information content (AvgIpc) is 2.81. The van der Waals surface area contributed by atoms with Crippen LogP contribution in [0.3, 0.4) is 0 Å². The predicted molar refractivity (Wildman–Crippen MR) is 74.3 cm³/mol. The molecule has 18 heavy (non-hydrogen) atoms. The molecule has 1 atom stereocenters. The first-order valence-electron chi connectivity index (χ1n) is 6.87. The summed E-state index contributed by atoms with van der Waals surface area (Å²) in [5.74, 6) is 1.47. The Morgan fingerprint density at radius 3 is 2.67 bits per heavy atom. The van der Waals surface area contributed by atoms with Crippen molar-refractivity contribution in [3.8, 4) is 0 Å². The Kier molecular flexibility index (Phi) is 4.59. The lowest BCUT2D eigenvalue weighted by atomic mass is 9.95. The quantitative estimate of drug-likeness (QED) is 0.863. The van der Waals surface area contributed by atoms with Crippen LogP contribution in [0.5, 0.6) is 0 Å². The van der Waals surface area contributed by atoms with E-state index in [0.29, 0.717) is 0 Å². The minimum absolute atomic E-state index is 0.181. The third-order valence-corrected chi connectivity index (χ3v) is 3.85. The van der Waals surface area contributed by atoms with Gasteiger partial charge in [0.2, 0.25) is 0 Å². The number of rotatable bonds is 5. The maximum atomic E-state index is 12.7. The van der Waals surface area contributed by atoms with Gasteiger partial charge in [0.25, 0.3) is 0 Å². The van der Waals surface area contributed by atoms with E-state index in [1.807, 2.05) is 0 Å². The van der Waals surface area contributed by atoms with Gasteiger partial charge in [-0.15, -0.1) is 0 Å². The minimum atomic E-state index is -0.181. The van der Waals surface area contributed by atoms with E-state index in [1.165, 1.54) is 31.6 Å². The van der Waals surface area contributed by atoms with E-state index in [1.54, 1.807) is 12.1 Å². The molecule has 1 saturated heterocycles. The molecule has 3 heteroatoms. The highest BCUT2D eigenvalue weighted by Gasteiger charge is 2.23. The van der Waals surface area contributed by atoms with Crippen LogP contribution < -0.4 is 5.32 Å². The molecular formula is C15H23FN2. The van der Waals surface area contributed by atoms with E-state index in [-0.39, 0.29) is 5.82 Å². The van der Waals surface area contributed by atoms with Crippen LogP contribution in [0.4, 0.5) is 10.1 Å². The second-order valence-corrected chi connectivity index (χ2v) is 5.53. The Hall–Kier alpha value is -1.09. The molecule has 1 fully saturated rings. The maximum absolute atomic E-state index is 12.7. The lowest BCUT2D eigenvalue weighted by molar-refractivity contribution is 0.313. The van der Waals surface area contributed by atoms with E-state index in [9.17, 15) is 4.39 Å². The van der Waals surface area contributed by atoms with Gasteiger partial charge >= 0.3 is 0 Å². The van der Waals surface area contributed by atoms with Gasteiger partial charge < -0.3 is 10.2 Å². The van der Waals surface area contributed by atoms with Crippen molar-refractivity contribution in [2.24, 2.45) is 11.8 Å². The van der Waals surface area contributed by atoms with Crippen molar-refractivity contribution < 1.29 is 4.39 Å². The van der Waals surface area contributed by atoms with Crippen molar-refractivity contribution >= 4 is 5.69 Å². The lowest BCUT2D eigenvalue weighted by Crippen LogP contribution is -2.27. The zero-order chi connectivity index (χ0) is 13.0. The molecule has 2 rings (SSSR count). The van der Waals surface area contributed by atoms with Crippen LogP contribution in [0.2, 0.25) is 0 Å². The van der Waals surface area contributed by atoms with Gasteiger partial charge in [0, 0.05) is 25.3 Å². The van der Waals surface area contributed by atoms with Gasteiger partial charge in [-0.1, -0.05) is 13.8 Å². The fourth-order valence-corrected chi connectivity index (χ4v) is 2.54. The van der Waals surface area contributed by atoms with E-state index in [2.05, 4.69) is 24.1 Å². The second-order valence-electron chi connectivity index (χ2n) is 5.53. The molecular weight excluding hydrogens is 227 g/mol. The molecule has 1 aliphatic rings. The van der Waals surface area contributed by atoms with Crippen LogP contribution in [0.15, 0.2) is 24.3 Å². The minimum Gasteiger partial charge on any atom is -0.384 e. The number of hydrogen-bond donors (Lipinski definition) is 1. The predicted octanol–water partition coefficient (Wildman–Crippen LogP) is 3.22. The van der Waals surface area contributed by atoms with Gasteiger partial charge in [-0.25, -0.2) is 4.39 Å². The Morgan fingerprint density at radius 2 is 2.06 bits per heavy atom. The Labute approximate surface area is 109 Å². The summed E-state index contributed by atoms with van der Waals surface area (Å²) in [7, 11) is 0. The number of likely N-dealkylation sites (tertiary alicyclic amines) is 1. The summed E-state index contributed by atoms with van der Waals surface area (Å²) < 4.78 is 12.7. The normalized spacial score (nSPS) is 20.6. The Balaban J connectivity index is 1.68. The summed E-state index contributed by atoms with van der Waals surface area (Å²) in [6, 6.07) is 6.56.